The molecular weight excluding hydrogens is 424 g/mol. The maximum Gasteiger partial charge on any atom is 0.313 e. The van der Waals surface area contributed by atoms with Crippen LogP contribution in [-0.2, 0) is 16.0 Å². The van der Waals surface area contributed by atoms with E-state index in [4.69, 9.17) is 0 Å². The zero-order chi connectivity index (χ0) is 24.2. The van der Waals surface area contributed by atoms with Gasteiger partial charge < -0.3 is 20.4 Å². The van der Waals surface area contributed by atoms with E-state index in [1.54, 1.807) is 0 Å². The zero-order valence-electron chi connectivity index (χ0n) is 20.3. The first-order chi connectivity index (χ1) is 16.3. The van der Waals surface area contributed by atoms with Gasteiger partial charge in [-0.3, -0.25) is 9.59 Å². The topological polar surface area (TPSA) is 64.7 Å². The molecular formula is C28H32N4O2. The Balaban J connectivity index is 1.51. The van der Waals surface area contributed by atoms with Crippen molar-refractivity contribution in [2.75, 3.05) is 42.3 Å². The van der Waals surface area contributed by atoms with Crippen LogP contribution in [0.3, 0.4) is 0 Å². The van der Waals surface area contributed by atoms with Crippen molar-refractivity contribution in [3.05, 3.63) is 89.0 Å². The summed E-state index contributed by atoms with van der Waals surface area (Å²) < 4.78 is 0. The molecule has 2 N–H and O–H groups in total. The minimum Gasteiger partial charge on any atom is -0.378 e. The van der Waals surface area contributed by atoms with Crippen molar-refractivity contribution >= 4 is 28.9 Å². The number of nitrogens with one attached hydrogen (secondary N) is 2. The van der Waals surface area contributed by atoms with Gasteiger partial charge in [0.25, 0.3) is 0 Å². The SMILES string of the molecule is Cc1cc(C)cc(NC(=O)C(=O)NCC(c2ccc(N(C)C)cc2)N2CCc3ccccc32)c1. The van der Waals surface area contributed by atoms with Crippen molar-refractivity contribution in [2.24, 2.45) is 0 Å². The number of hydrogen-bond donors (Lipinski definition) is 2. The highest BCUT2D eigenvalue weighted by molar-refractivity contribution is 6.39. The highest BCUT2D eigenvalue weighted by atomic mass is 16.2. The summed E-state index contributed by atoms with van der Waals surface area (Å²) >= 11 is 0. The molecule has 34 heavy (non-hydrogen) atoms. The van der Waals surface area contributed by atoms with Gasteiger partial charge in [0.05, 0.1) is 6.04 Å². The minimum atomic E-state index is -0.659. The van der Waals surface area contributed by atoms with Crippen LogP contribution in [0.5, 0.6) is 0 Å². The molecule has 1 heterocycles. The van der Waals surface area contributed by atoms with Gasteiger partial charge in [0.15, 0.2) is 0 Å². The molecule has 4 rings (SSSR count). The van der Waals surface area contributed by atoms with E-state index in [2.05, 4.69) is 62.9 Å². The van der Waals surface area contributed by atoms with Crippen LogP contribution in [0, 0.1) is 13.8 Å². The van der Waals surface area contributed by atoms with Gasteiger partial charge in [-0.1, -0.05) is 36.4 Å². The molecule has 0 bridgehead atoms. The lowest BCUT2D eigenvalue weighted by atomic mass is 10.0. The van der Waals surface area contributed by atoms with E-state index in [1.807, 2.05) is 52.2 Å². The average molecular weight is 457 g/mol. The van der Waals surface area contributed by atoms with Crippen LogP contribution >= 0.6 is 0 Å². The van der Waals surface area contributed by atoms with Crippen molar-refractivity contribution < 1.29 is 9.59 Å². The molecule has 1 aliphatic rings. The summed E-state index contributed by atoms with van der Waals surface area (Å²) in [6.45, 7) is 5.12. The zero-order valence-corrected chi connectivity index (χ0v) is 20.3. The summed E-state index contributed by atoms with van der Waals surface area (Å²) in [6, 6.07) is 22.4. The van der Waals surface area contributed by atoms with E-state index in [0.29, 0.717) is 12.2 Å². The molecule has 1 atom stereocenters. The molecule has 0 radical (unpaired) electrons. The Morgan fingerprint density at radius 1 is 0.941 bits per heavy atom. The predicted octanol–water partition coefficient (Wildman–Crippen LogP) is 4.23. The minimum absolute atomic E-state index is 0.0853. The molecule has 6 nitrogen and oxygen atoms in total. The second-order valence-electron chi connectivity index (χ2n) is 9.11. The molecule has 2 amide bonds. The summed E-state index contributed by atoms with van der Waals surface area (Å²) in [5.41, 5.74) is 7.38. The summed E-state index contributed by atoms with van der Waals surface area (Å²) in [7, 11) is 4.02. The second-order valence-corrected chi connectivity index (χ2v) is 9.11. The number of aryl methyl sites for hydroxylation is 2. The molecule has 1 aliphatic heterocycles. The van der Waals surface area contributed by atoms with Crippen molar-refractivity contribution in [1.29, 1.82) is 0 Å². The Hall–Kier alpha value is -3.80. The fourth-order valence-corrected chi connectivity index (χ4v) is 4.59. The van der Waals surface area contributed by atoms with Gasteiger partial charge in [0, 0.05) is 44.2 Å². The van der Waals surface area contributed by atoms with Crippen molar-refractivity contribution in [3.8, 4) is 0 Å². The van der Waals surface area contributed by atoms with E-state index >= 15 is 0 Å². The molecule has 0 fully saturated rings. The first kappa shape index (κ1) is 23.4. The van der Waals surface area contributed by atoms with Gasteiger partial charge in [0.2, 0.25) is 0 Å². The van der Waals surface area contributed by atoms with E-state index in [1.165, 1.54) is 11.3 Å². The molecule has 3 aromatic rings. The highest BCUT2D eigenvalue weighted by Gasteiger charge is 2.28. The van der Waals surface area contributed by atoms with Crippen molar-refractivity contribution in [1.82, 2.24) is 5.32 Å². The van der Waals surface area contributed by atoms with Crippen LogP contribution in [-0.4, -0.2) is 39.0 Å². The first-order valence-corrected chi connectivity index (χ1v) is 11.6. The quantitative estimate of drug-likeness (QED) is 0.545. The standard InChI is InChI=1S/C28H32N4O2/c1-19-15-20(2)17-23(16-19)30-28(34)27(33)29-18-26(22-9-11-24(12-10-22)31(3)4)32-14-13-21-7-5-6-8-25(21)32/h5-12,15-17,26H,13-14,18H2,1-4H3,(H,29,33)(H,30,34). The number of carbonyl (C=O) groups is 2. The van der Waals surface area contributed by atoms with Crippen molar-refractivity contribution in [2.45, 2.75) is 26.3 Å². The summed E-state index contributed by atoms with van der Waals surface area (Å²) in [4.78, 5) is 29.7. The van der Waals surface area contributed by atoms with Crippen LogP contribution in [0.15, 0.2) is 66.7 Å². The number of nitrogens with zero attached hydrogens (tertiary/aromatic N) is 2. The molecule has 0 saturated heterocycles. The van der Waals surface area contributed by atoms with E-state index in [0.717, 1.165) is 35.3 Å². The third-order valence-electron chi connectivity index (χ3n) is 6.24. The Bertz CT molecular complexity index is 1170. The Morgan fingerprint density at radius 2 is 1.62 bits per heavy atom. The summed E-state index contributed by atoms with van der Waals surface area (Å²) in [5.74, 6) is -1.30. The molecule has 1 unspecified atom stereocenters. The van der Waals surface area contributed by atoms with E-state index < -0.39 is 11.8 Å². The van der Waals surface area contributed by atoms with Gasteiger partial charge in [-0.05, 0) is 72.9 Å². The molecule has 3 aromatic carbocycles. The van der Waals surface area contributed by atoms with Gasteiger partial charge in [0.1, 0.15) is 0 Å². The molecule has 0 saturated carbocycles. The van der Waals surface area contributed by atoms with Crippen LogP contribution in [0.25, 0.3) is 0 Å². The fraction of sp³-hybridized carbons (Fsp3) is 0.286. The van der Waals surface area contributed by atoms with Crippen LogP contribution < -0.4 is 20.4 Å². The third-order valence-corrected chi connectivity index (χ3v) is 6.24. The molecule has 6 heteroatoms. The normalized spacial score (nSPS) is 13.2. The van der Waals surface area contributed by atoms with E-state index in [9.17, 15) is 9.59 Å². The van der Waals surface area contributed by atoms with Gasteiger partial charge in [-0.2, -0.15) is 0 Å². The maximum atomic E-state index is 12.7. The van der Waals surface area contributed by atoms with Gasteiger partial charge >= 0.3 is 11.8 Å². The number of fused-ring (bicyclic) bond motifs is 1. The maximum absolute atomic E-state index is 12.7. The van der Waals surface area contributed by atoms with Crippen molar-refractivity contribution in [3.63, 3.8) is 0 Å². The number of rotatable bonds is 6. The Kier molecular flexibility index (Phi) is 6.87. The summed E-state index contributed by atoms with van der Waals surface area (Å²) in [6.07, 6.45) is 0.962. The lowest BCUT2D eigenvalue weighted by Gasteiger charge is -2.31. The Morgan fingerprint density at radius 3 is 2.29 bits per heavy atom. The lowest BCUT2D eigenvalue weighted by Crippen LogP contribution is -2.41. The predicted molar refractivity (Wildman–Crippen MR) is 139 cm³/mol. The molecule has 0 aromatic heterocycles. The number of carbonyl (C=O) groups excluding carboxylic acids is 2. The smallest absolute Gasteiger partial charge is 0.313 e. The average Bonchev–Trinajstić information content (AvgIpc) is 3.22. The van der Waals surface area contributed by atoms with Crippen LogP contribution in [0.1, 0.15) is 28.3 Å². The molecule has 176 valence electrons. The van der Waals surface area contributed by atoms with E-state index in [-0.39, 0.29) is 6.04 Å². The number of amides is 2. The second kappa shape index (κ2) is 10.00. The van der Waals surface area contributed by atoms with Crippen LogP contribution in [0.2, 0.25) is 0 Å². The largest absolute Gasteiger partial charge is 0.378 e. The molecule has 0 aliphatic carbocycles. The van der Waals surface area contributed by atoms with Gasteiger partial charge in [-0.25, -0.2) is 0 Å². The molecule has 0 spiro atoms. The lowest BCUT2D eigenvalue weighted by molar-refractivity contribution is -0.136. The number of hydrogen-bond acceptors (Lipinski definition) is 4. The summed E-state index contributed by atoms with van der Waals surface area (Å²) in [5, 5.41) is 5.59. The monoisotopic (exact) mass is 456 g/mol. The number of benzene rings is 3. The van der Waals surface area contributed by atoms with Gasteiger partial charge in [-0.15, -0.1) is 0 Å². The number of para-hydroxylation sites is 1. The Labute approximate surface area is 201 Å². The third kappa shape index (κ3) is 5.22. The van der Waals surface area contributed by atoms with Crippen LogP contribution in [0.4, 0.5) is 17.1 Å². The highest BCUT2D eigenvalue weighted by Crippen LogP contribution is 2.35. The number of anilines is 3. The first-order valence-electron chi connectivity index (χ1n) is 11.6. The fourth-order valence-electron chi connectivity index (χ4n) is 4.59.